The van der Waals surface area contributed by atoms with Crippen molar-refractivity contribution in [3.05, 3.63) is 69.5 Å². The third-order valence-electron chi connectivity index (χ3n) is 4.71. The molecule has 3 heterocycles. The highest BCUT2D eigenvalue weighted by Gasteiger charge is 2.18. The Kier molecular flexibility index (Phi) is 6.20. The van der Waals surface area contributed by atoms with Gasteiger partial charge in [-0.1, -0.05) is 42.1 Å². The topological polar surface area (TPSA) is 76.4 Å². The van der Waals surface area contributed by atoms with E-state index in [2.05, 4.69) is 17.3 Å². The van der Waals surface area contributed by atoms with E-state index in [0.29, 0.717) is 16.6 Å². The Hall–Kier alpha value is -2.97. The first kappa shape index (κ1) is 21.3. The molecule has 1 N–H and O–H groups in total. The van der Waals surface area contributed by atoms with Crippen LogP contribution in [0.25, 0.3) is 16.8 Å². The molecule has 0 unspecified atom stereocenters. The Morgan fingerprint density at radius 3 is 2.65 bits per heavy atom. The molecule has 0 fully saturated rings. The molecule has 6 nitrogen and oxygen atoms in total. The van der Waals surface area contributed by atoms with E-state index < -0.39 is 0 Å². The van der Waals surface area contributed by atoms with Crippen LogP contribution in [0, 0.1) is 13.8 Å². The molecule has 0 saturated carbocycles. The van der Waals surface area contributed by atoms with Gasteiger partial charge in [0.15, 0.2) is 10.9 Å². The second-order valence-electron chi connectivity index (χ2n) is 7.23. The van der Waals surface area contributed by atoms with Gasteiger partial charge in [-0.2, -0.15) is 5.10 Å². The summed E-state index contributed by atoms with van der Waals surface area (Å²) in [6.07, 6.45) is 0. The molecule has 0 spiro atoms. The first-order chi connectivity index (χ1) is 14.9. The SMILES string of the molecule is CC(=O)NCc1ccc(C(=O)CSc2nc(-c3ccccc3)c3c(C)cc(C)nn23)s1. The van der Waals surface area contributed by atoms with Crippen LogP contribution in [-0.4, -0.2) is 32.0 Å². The van der Waals surface area contributed by atoms with Gasteiger partial charge in [-0.05, 0) is 37.6 Å². The second-order valence-corrected chi connectivity index (χ2v) is 9.34. The van der Waals surface area contributed by atoms with Crippen LogP contribution in [-0.2, 0) is 11.3 Å². The van der Waals surface area contributed by atoms with Gasteiger partial charge in [0.25, 0.3) is 0 Å². The molecule has 4 aromatic rings. The van der Waals surface area contributed by atoms with E-state index in [1.165, 1.54) is 30.0 Å². The van der Waals surface area contributed by atoms with Crippen LogP contribution in [0.4, 0.5) is 0 Å². The first-order valence-corrected chi connectivity index (χ1v) is 11.6. The number of hydrogen-bond donors (Lipinski definition) is 1. The minimum Gasteiger partial charge on any atom is -0.351 e. The molecule has 3 aromatic heterocycles. The molecule has 0 aliphatic rings. The number of imidazole rings is 1. The number of nitrogens with zero attached hydrogens (tertiary/aromatic N) is 3. The van der Waals surface area contributed by atoms with Gasteiger partial charge in [0.2, 0.25) is 5.91 Å². The predicted molar refractivity (Wildman–Crippen MR) is 125 cm³/mol. The molecule has 1 aromatic carbocycles. The van der Waals surface area contributed by atoms with Crippen LogP contribution in [0.15, 0.2) is 53.7 Å². The predicted octanol–water partition coefficient (Wildman–Crippen LogP) is 4.69. The largest absolute Gasteiger partial charge is 0.351 e. The summed E-state index contributed by atoms with van der Waals surface area (Å²) < 4.78 is 1.85. The summed E-state index contributed by atoms with van der Waals surface area (Å²) in [5.41, 5.74) is 4.84. The van der Waals surface area contributed by atoms with Crippen LogP contribution in [0.5, 0.6) is 0 Å². The zero-order valence-electron chi connectivity index (χ0n) is 17.5. The molecule has 0 bridgehead atoms. The molecule has 1 amide bonds. The lowest BCUT2D eigenvalue weighted by molar-refractivity contribution is -0.119. The number of carbonyl (C=O) groups is 2. The molecule has 0 aliphatic heterocycles. The average molecular weight is 451 g/mol. The van der Waals surface area contributed by atoms with Crippen molar-refractivity contribution >= 4 is 40.3 Å². The minimum absolute atomic E-state index is 0.0338. The van der Waals surface area contributed by atoms with Crippen molar-refractivity contribution < 1.29 is 9.59 Å². The van der Waals surface area contributed by atoms with Gasteiger partial charge in [0.05, 0.1) is 34.1 Å². The molecule has 31 heavy (non-hydrogen) atoms. The molecule has 0 aliphatic carbocycles. The highest BCUT2D eigenvalue weighted by Crippen LogP contribution is 2.31. The summed E-state index contributed by atoms with van der Waals surface area (Å²) >= 11 is 2.80. The van der Waals surface area contributed by atoms with E-state index >= 15 is 0 Å². The lowest BCUT2D eigenvalue weighted by atomic mass is 10.1. The third kappa shape index (κ3) is 4.70. The van der Waals surface area contributed by atoms with Crippen molar-refractivity contribution in [2.24, 2.45) is 0 Å². The van der Waals surface area contributed by atoms with Crippen LogP contribution >= 0.6 is 23.1 Å². The van der Waals surface area contributed by atoms with Crippen molar-refractivity contribution in [3.8, 4) is 11.3 Å². The number of thiophene rings is 1. The van der Waals surface area contributed by atoms with Crippen LogP contribution < -0.4 is 5.32 Å². The molecule has 158 valence electrons. The summed E-state index contributed by atoms with van der Waals surface area (Å²) in [5, 5.41) is 8.12. The Labute approximate surface area is 188 Å². The number of aromatic nitrogens is 3. The lowest BCUT2D eigenvalue weighted by Crippen LogP contribution is -2.18. The fourth-order valence-corrected chi connectivity index (χ4v) is 5.14. The maximum absolute atomic E-state index is 12.8. The number of thioether (sulfide) groups is 1. The van der Waals surface area contributed by atoms with Gasteiger partial charge in [-0.25, -0.2) is 9.50 Å². The summed E-state index contributed by atoms with van der Waals surface area (Å²) in [4.78, 5) is 30.3. The van der Waals surface area contributed by atoms with Crippen LogP contribution in [0.3, 0.4) is 0 Å². The number of aryl methyl sites for hydroxylation is 2. The molecule has 4 rings (SSSR count). The minimum atomic E-state index is -0.0877. The van der Waals surface area contributed by atoms with Gasteiger partial charge in [0, 0.05) is 17.4 Å². The zero-order valence-corrected chi connectivity index (χ0v) is 19.1. The highest BCUT2D eigenvalue weighted by molar-refractivity contribution is 7.99. The fraction of sp³-hybridized carbons (Fsp3) is 0.217. The van der Waals surface area contributed by atoms with E-state index in [9.17, 15) is 9.59 Å². The number of benzene rings is 1. The number of nitrogens with one attached hydrogen (secondary N) is 1. The van der Waals surface area contributed by atoms with Crippen molar-refractivity contribution in [2.45, 2.75) is 32.5 Å². The maximum atomic E-state index is 12.8. The molecule has 0 saturated heterocycles. The summed E-state index contributed by atoms with van der Waals surface area (Å²) in [6.45, 7) is 5.93. The number of fused-ring (bicyclic) bond motifs is 1. The molecular weight excluding hydrogens is 428 g/mol. The number of hydrogen-bond acceptors (Lipinski definition) is 6. The van der Waals surface area contributed by atoms with Gasteiger partial charge in [0.1, 0.15) is 0 Å². The monoisotopic (exact) mass is 450 g/mol. The molecule has 0 radical (unpaired) electrons. The number of rotatable bonds is 7. The maximum Gasteiger partial charge on any atom is 0.217 e. The van der Waals surface area contributed by atoms with Crippen molar-refractivity contribution in [1.29, 1.82) is 0 Å². The number of Topliss-reactive ketones (excluding diaryl/α,β-unsaturated/α-hetero) is 1. The van der Waals surface area contributed by atoms with Crippen LogP contribution in [0.2, 0.25) is 0 Å². The van der Waals surface area contributed by atoms with Crippen molar-refractivity contribution in [3.63, 3.8) is 0 Å². The standard InChI is InChI=1S/C23H22N4O2S2/c1-14-11-15(2)26-27-22(14)21(17-7-5-4-6-8-17)25-23(27)30-13-19(29)20-10-9-18(31-20)12-24-16(3)28/h4-11H,12-13H2,1-3H3,(H,24,28). The zero-order chi connectivity index (χ0) is 22.0. The lowest BCUT2D eigenvalue weighted by Gasteiger charge is -2.04. The highest BCUT2D eigenvalue weighted by atomic mass is 32.2. The van der Waals surface area contributed by atoms with Crippen molar-refractivity contribution in [1.82, 2.24) is 19.9 Å². The number of ketones is 1. The number of amides is 1. The quantitative estimate of drug-likeness (QED) is 0.327. The number of carbonyl (C=O) groups excluding carboxylic acids is 2. The summed E-state index contributed by atoms with van der Waals surface area (Å²) in [6, 6.07) is 15.8. The first-order valence-electron chi connectivity index (χ1n) is 9.84. The van der Waals surface area contributed by atoms with Crippen molar-refractivity contribution in [2.75, 3.05) is 5.75 Å². The molecular formula is C23H22N4O2S2. The summed E-state index contributed by atoms with van der Waals surface area (Å²) in [5.74, 6) is 0.212. The van der Waals surface area contributed by atoms with Gasteiger partial charge in [-0.15, -0.1) is 11.3 Å². The van der Waals surface area contributed by atoms with Gasteiger partial charge < -0.3 is 5.32 Å². The average Bonchev–Trinajstić information content (AvgIpc) is 3.36. The van der Waals surface area contributed by atoms with Gasteiger partial charge in [-0.3, -0.25) is 9.59 Å². The van der Waals surface area contributed by atoms with E-state index in [4.69, 9.17) is 4.98 Å². The Bertz CT molecular complexity index is 1260. The summed E-state index contributed by atoms with van der Waals surface area (Å²) in [7, 11) is 0. The van der Waals surface area contributed by atoms with E-state index in [-0.39, 0.29) is 17.4 Å². The van der Waals surface area contributed by atoms with Crippen LogP contribution in [0.1, 0.15) is 32.7 Å². The van der Waals surface area contributed by atoms with E-state index in [0.717, 1.165) is 32.9 Å². The molecule has 0 atom stereocenters. The van der Waals surface area contributed by atoms with E-state index in [1.54, 1.807) is 0 Å². The molecule has 8 heteroatoms. The Morgan fingerprint density at radius 2 is 1.90 bits per heavy atom. The Morgan fingerprint density at radius 1 is 1.13 bits per heavy atom. The normalized spacial score (nSPS) is 11.1. The Balaban J connectivity index is 1.59. The second kappa shape index (κ2) is 9.03. The van der Waals surface area contributed by atoms with Gasteiger partial charge >= 0.3 is 0 Å². The van der Waals surface area contributed by atoms with E-state index in [1.807, 2.05) is 60.0 Å². The smallest absolute Gasteiger partial charge is 0.217 e. The fourth-order valence-electron chi connectivity index (χ4n) is 3.33. The third-order valence-corrected chi connectivity index (χ3v) is 6.76.